The van der Waals surface area contributed by atoms with Crippen LogP contribution in [0, 0.1) is 24.7 Å². The highest BCUT2D eigenvalue weighted by atomic mass is 16.6. The average molecular weight is 356 g/mol. The number of phenolic OH excluding ortho intramolecular Hbond substituents is 2. The summed E-state index contributed by atoms with van der Waals surface area (Å²) in [5, 5.41) is 35.9. The van der Waals surface area contributed by atoms with Crippen molar-refractivity contribution in [2.24, 2.45) is 10.8 Å². The topological polar surface area (TPSA) is 124 Å². The van der Waals surface area contributed by atoms with Crippen molar-refractivity contribution in [3.63, 3.8) is 0 Å². The number of ether oxygens (including phenoxy) is 1. The number of aryl methyl sites for hydroxylation is 1. The van der Waals surface area contributed by atoms with Crippen molar-refractivity contribution < 1.29 is 34.8 Å². The van der Waals surface area contributed by atoms with Crippen molar-refractivity contribution in [2.75, 3.05) is 13.2 Å². The molecule has 7 heteroatoms. The molecule has 0 aliphatic rings. The zero-order valence-electron chi connectivity index (χ0n) is 15.6. The van der Waals surface area contributed by atoms with E-state index in [2.05, 4.69) is 4.74 Å². The summed E-state index contributed by atoms with van der Waals surface area (Å²) in [7, 11) is 0. The van der Waals surface area contributed by atoms with Gasteiger partial charge in [0.25, 0.3) is 0 Å². The van der Waals surface area contributed by atoms with E-state index in [0.29, 0.717) is 0 Å². The van der Waals surface area contributed by atoms with Crippen molar-refractivity contribution in [2.45, 2.75) is 41.5 Å². The van der Waals surface area contributed by atoms with Crippen LogP contribution < -0.4 is 0 Å². The number of hydrogen-bond acceptors (Lipinski definition) is 7. The zero-order chi connectivity index (χ0) is 20.0. The molecule has 1 rings (SSSR count). The molecule has 0 heterocycles. The summed E-state index contributed by atoms with van der Waals surface area (Å²) in [6.45, 7) is 8.71. The molecule has 0 saturated heterocycles. The highest BCUT2D eigenvalue weighted by molar-refractivity contribution is 5.91. The minimum Gasteiger partial charge on any atom is -0.504 e. The summed E-state index contributed by atoms with van der Waals surface area (Å²) < 4.78 is 4.56. The normalized spacial score (nSPS) is 11.4. The van der Waals surface area contributed by atoms with Crippen molar-refractivity contribution in [1.82, 2.24) is 0 Å². The maximum Gasteiger partial charge on any atom is 0.321 e. The van der Waals surface area contributed by atoms with Crippen LogP contribution in [0.4, 0.5) is 0 Å². The van der Waals surface area contributed by atoms with Gasteiger partial charge in [0.05, 0.1) is 24.0 Å². The Morgan fingerprint density at radius 1 is 0.920 bits per heavy atom. The van der Waals surface area contributed by atoms with E-state index in [1.807, 2.05) is 6.92 Å². The Labute approximate surface area is 147 Å². The molecule has 0 bridgehead atoms. The molecular formula is C18H28O7. The van der Waals surface area contributed by atoms with Crippen LogP contribution in [-0.2, 0) is 14.3 Å². The highest BCUT2D eigenvalue weighted by Crippen LogP contribution is 2.29. The van der Waals surface area contributed by atoms with Gasteiger partial charge in [-0.25, -0.2) is 0 Å². The van der Waals surface area contributed by atoms with E-state index in [-0.39, 0.29) is 11.5 Å². The van der Waals surface area contributed by atoms with Crippen LogP contribution in [0.5, 0.6) is 11.5 Å². The van der Waals surface area contributed by atoms with Crippen LogP contribution in [0.15, 0.2) is 12.1 Å². The van der Waals surface area contributed by atoms with E-state index in [9.17, 15) is 9.59 Å². The molecule has 0 amide bonds. The summed E-state index contributed by atoms with van der Waals surface area (Å²) in [6, 6.07) is 3.25. The summed E-state index contributed by atoms with van der Waals surface area (Å²) in [5.41, 5.74) is -0.502. The van der Waals surface area contributed by atoms with Gasteiger partial charge in [-0.15, -0.1) is 0 Å². The Hall–Kier alpha value is -2.12. The van der Waals surface area contributed by atoms with E-state index in [4.69, 9.17) is 20.4 Å². The van der Waals surface area contributed by atoms with Gasteiger partial charge in [0, 0.05) is 0 Å². The summed E-state index contributed by atoms with van der Waals surface area (Å²) in [6.07, 6.45) is 0. The number of esters is 2. The summed E-state index contributed by atoms with van der Waals surface area (Å²) in [5.74, 6) is -1.66. The summed E-state index contributed by atoms with van der Waals surface area (Å²) in [4.78, 5) is 22.8. The van der Waals surface area contributed by atoms with Gasteiger partial charge in [0.2, 0.25) is 0 Å². The van der Waals surface area contributed by atoms with Gasteiger partial charge in [0.15, 0.2) is 11.5 Å². The van der Waals surface area contributed by atoms with Crippen molar-refractivity contribution in [1.29, 1.82) is 0 Å². The number of hydrogen-bond donors (Lipinski definition) is 4. The smallest absolute Gasteiger partial charge is 0.321 e. The molecule has 4 N–H and O–H groups in total. The zero-order valence-corrected chi connectivity index (χ0v) is 15.6. The maximum absolute atomic E-state index is 11.4. The number of phenols is 2. The lowest BCUT2D eigenvalue weighted by Crippen LogP contribution is -2.38. The number of rotatable bonds is 4. The van der Waals surface area contributed by atoms with E-state index in [0.717, 1.165) is 11.1 Å². The molecule has 1 aromatic carbocycles. The summed E-state index contributed by atoms with van der Waals surface area (Å²) >= 11 is 0. The van der Waals surface area contributed by atoms with Crippen LogP contribution in [0.3, 0.4) is 0 Å². The monoisotopic (exact) mass is 356 g/mol. The van der Waals surface area contributed by atoms with Gasteiger partial charge >= 0.3 is 11.9 Å². The van der Waals surface area contributed by atoms with Gasteiger partial charge < -0.3 is 25.2 Å². The SMILES string of the molecule is CC(C)(CO)C(=O)OC(=O)C(C)(C)CO.Cc1ccc(O)c(O)c1C. The van der Waals surface area contributed by atoms with Gasteiger partial charge in [-0.1, -0.05) is 6.07 Å². The molecule has 0 spiro atoms. The number of benzene rings is 1. The Kier molecular flexibility index (Phi) is 8.08. The van der Waals surface area contributed by atoms with Crippen LogP contribution in [0.25, 0.3) is 0 Å². The Morgan fingerprint density at radius 3 is 1.64 bits per heavy atom. The molecule has 0 unspecified atom stereocenters. The third kappa shape index (κ3) is 6.36. The number of aliphatic hydroxyl groups excluding tert-OH is 2. The van der Waals surface area contributed by atoms with Crippen molar-refractivity contribution in [3.05, 3.63) is 23.3 Å². The van der Waals surface area contributed by atoms with Crippen LogP contribution in [0.2, 0.25) is 0 Å². The lowest BCUT2D eigenvalue weighted by Gasteiger charge is -2.23. The molecule has 0 saturated carbocycles. The fraction of sp³-hybridized carbons (Fsp3) is 0.556. The standard InChI is InChI=1S/C10H18O5.C8H10O2/c1-9(2,5-11)7(13)15-8(14)10(3,4)6-12;1-5-3-4-7(9)8(10)6(5)2/h11-12H,5-6H2,1-4H3;3-4,9-10H,1-2H3. The molecule has 0 radical (unpaired) electrons. The Morgan fingerprint density at radius 2 is 1.32 bits per heavy atom. The van der Waals surface area contributed by atoms with E-state index in [1.54, 1.807) is 13.0 Å². The molecule has 0 aromatic heterocycles. The molecule has 7 nitrogen and oxygen atoms in total. The number of aliphatic hydroxyl groups is 2. The first kappa shape index (κ1) is 22.9. The van der Waals surface area contributed by atoms with E-state index >= 15 is 0 Å². The number of aromatic hydroxyl groups is 2. The molecule has 142 valence electrons. The number of carbonyl (C=O) groups is 2. The van der Waals surface area contributed by atoms with E-state index < -0.39 is 36.0 Å². The van der Waals surface area contributed by atoms with Crippen LogP contribution in [0.1, 0.15) is 38.8 Å². The maximum atomic E-state index is 11.4. The Bertz CT molecular complexity index is 565. The van der Waals surface area contributed by atoms with Gasteiger partial charge in [-0.3, -0.25) is 9.59 Å². The predicted octanol–water partition coefficient (Wildman–Crippen LogP) is 1.81. The van der Waals surface area contributed by atoms with Crippen molar-refractivity contribution in [3.8, 4) is 11.5 Å². The average Bonchev–Trinajstić information content (AvgIpc) is 2.56. The highest BCUT2D eigenvalue weighted by Gasteiger charge is 2.36. The minimum absolute atomic E-state index is 0.0139. The van der Waals surface area contributed by atoms with Gasteiger partial charge in [-0.05, 0) is 58.7 Å². The predicted molar refractivity (Wildman–Crippen MR) is 92.1 cm³/mol. The first-order chi connectivity index (χ1) is 11.3. The third-order valence-electron chi connectivity index (χ3n) is 3.76. The fourth-order valence-electron chi connectivity index (χ4n) is 1.28. The second kappa shape index (κ2) is 8.82. The van der Waals surface area contributed by atoms with Crippen molar-refractivity contribution >= 4 is 11.9 Å². The fourth-order valence-corrected chi connectivity index (χ4v) is 1.28. The first-order valence-electron chi connectivity index (χ1n) is 7.76. The van der Waals surface area contributed by atoms with Crippen LogP contribution in [-0.4, -0.2) is 45.6 Å². The molecule has 25 heavy (non-hydrogen) atoms. The minimum atomic E-state index is -1.11. The molecule has 1 aromatic rings. The van der Waals surface area contributed by atoms with Gasteiger partial charge in [0.1, 0.15) is 0 Å². The molecular weight excluding hydrogens is 328 g/mol. The molecule has 0 fully saturated rings. The lowest BCUT2D eigenvalue weighted by molar-refractivity contribution is -0.174. The second-order valence-corrected chi connectivity index (χ2v) is 7.14. The van der Waals surface area contributed by atoms with Crippen LogP contribution >= 0.6 is 0 Å². The molecule has 0 aliphatic heterocycles. The van der Waals surface area contributed by atoms with Gasteiger partial charge in [-0.2, -0.15) is 0 Å². The number of carbonyl (C=O) groups excluding carboxylic acids is 2. The lowest BCUT2D eigenvalue weighted by atomic mass is 9.93. The quantitative estimate of drug-likeness (QED) is 0.368. The third-order valence-corrected chi connectivity index (χ3v) is 3.76. The molecule has 0 atom stereocenters. The molecule has 0 aliphatic carbocycles. The first-order valence-corrected chi connectivity index (χ1v) is 7.76. The second-order valence-electron chi connectivity index (χ2n) is 7.14. The van der Waals surface area contributed by atoms with E-state index in [1.165, 1.54) is 33.8 Å². The largest absolute Gasteiger partial charge is 0.504 e. The Balaban J connectivity index is 0.000000496.